The zero-order chi connectivity index (χ0) is 12.3. The van der Waals surface area contributed by atoms with Crippen molar-refractivity contribution in [2.24, 2.45) is 0 Å². The monoisotopic (exact) mass is 232 g/mol. The molecule has 1 N–H and O–H groups in total. The fourth-order valence-corrected chi connectivity index (χ4v) is 2.10. The van der Waals surface area contributed by atoms with Crippen molar-refractivity contribution in [3.8, 4) is 0 Å². The fraction of sp³-hybridized carbons (Fsp3) is 0.385. The highest BCUT2D eigenvalue weighted by molar-refractivity contribution is 5.44. The third-order valence-electron chi connectivity index (χ3n) is 3.20. The Balaban J connectivity index is 2.05. The predicted octanol–water partition coefficient (Wildman–Crippen LogP) is 2.71. The molecule has 0 fully saturated rings. The summed E-state index contributed by atoms with van der Waals surface area (Å²) in [5.41, 5.74) is 1.97. The third kappa shape index (κ3) is 2.71. The molecule has 90 valence electrons. The number of rotatable bonds is 4. The van der Waals surface area contributed by atoms with Crippen LogP contribution in [-0.2, 0) is 6.54 Å². The molecular weight excluding hydrogens is 216 g/mol. The SMILES string of the molecule is Cc1c(CNC2CC=CC2)cccc1[N+](=O)[O-]. The first kappa shape index (κ1) is 11.8. The van der Waals surface area contributed by atoms with Crippen LogP contribution >= 0.6 is 0 Å². The highest BCUT2D eigenvalue weighted by Gasteiger charge is 2.14. The van der Waals surface area contributed by atoms with Crippen LogP contribution in [0.3, 0.4) is 0 Å². The Labute approximate surface area is 100 Å². The second-order valence-electron chi connectivity index (χ2n) is 4.34. The van der Waals surface area contributed by atoms with Crippen molar-refractivity contribution in [2.75, 3.05) is 0 Å². The van der Waals surface area contributed by atoms with E-state index in [0.29, 0.717) is 12.6 Å². The maximum Gasteiger partial charge on any atom is 0.272 e. The molecule has 0 saturated carbocycles. The molecule has 0 spiro atoms. The molecule has 1 aliphatic carbocycles. The fourth-order valence-electron chi connectivity index (χ4n) is 2.10. The lowest BCUT2D eigenvalue weighted by atomic mass is 10.1. The number of nitro groups is 1. The molecule has 2 rings (SSSR count). The van der Waals surface area contributed by atoms with Gasteiger partial charge < -0.3 is 5.32 Å². The van der Waals surface area contributed by atoms with Gasteiger partial charge in [-0.1, -0.05) is 24.3 Å². The van der Waals surface area contributed by atoms with Crippen molar-refractivity contribution in [3.05, 3.63) is 51.6 Å². The molecule has 4 nitrogen and oxygen atoms in total. The molecule has 4 heteroatoms. The van der Waals surface area contributed by atoms with Gasteiger partial charge >= 0.3 is 0 Å². The molecule has 0 unspecified atom stereocenters. The van der Waals surface area contributed by atoms with E-state index < -0.39 is 0 Å². The Bertz CT molecular complexity index is 447. The molecule has 0 saturated heterocycles. The average Bonchev–Trinajstić information content (AvgIpc) is 2.80. The van der Waals surface area contributed by atoms with E-state index in [1.54, 1.807) is 12.1 Å². The van der Waals surface area contributed by atoms with Crippen LogP contribution in [0.5, 0.6) is 0 Å². The van der Waals surface area contributed by atoms with E-state index in [1.807, 2.05) is 13.0 Å². The number of nitrogens with one attached hydrogen (secondary N) is 1. The minimum Gasteiger partial charge on any atom is -0.309 e. The summed E-state index contributed by atoms with van der Waals surface area (Å²) in [4.78, 5) is 10.5. The summed E-state index contributed by atoms with van der Waals surface area (Å²) >= 11 is 0. The summed E-state index contributed by atoms with van der Waals surface area (Å²) in [6, 6.07) is 5.72. The van der Waals surface area contributed by atoms with Crippen LogP contribution < -0.4 is 5.32 Å². The molecule has 1 aliphatic rings. The van der Waals surface area contributed by atoms with E-state index in [1.165, 1.54) is 0 Å². The quantitative estimate of drug-likeness (QED) is 0.493. The summed E-state index contributed by atoms with van der Waals surface area (Å²) in [7, 11) is 0. The van der Waals surface area contributed by atoms with Crippen molar-refractivity contribution >= 4 is 5.69 Å². The van der Waals surface area contributed by atoms with Crippen molar-refractivity contribution in [3.63, 3.8) is 0 Å². The second-order valence-corrected chi connectivity index (χ2v) is 4.34. The lowest BCUT2D eigenvalue weighted by molar-refractivity contribution is -0.385. The molecule has 0 amide bonds. The summed E-state index contributed by atoms with van der Waals surface area (Å²) < 4.78 is 0. The lowest BCUT2D eigenvalue weighted by Crippen LogP contribution is -2.26. The van der Waals surface area contributed by atoms with Crippen LogP contribution in [0.4, 0.5) is 5.69 Å². The number of nitro benzene ring substituents is 1. The van der Waals surface area contributed by atoms with Crippen LogP contribution in [0.15, 0.2) is 30.4 Å². The smallest absolute Gasteiger partial charge is 0.272 e. The normalized spacial score (nSPS) is 15.4. The summed E-state index contributed by atoms with van der Waals surface area (Å²) in [5.74, 6) is 0. The molecular formula is C13H16N2O2. The first-order valence-electron chi connectivity index (χ1n) is 5.79. The standard InChI is InChI=1S/C13H16N2O2/c1-10-11(5-4-8-13(10)15(16)17)9-14-12-6-2-3-7-12/h2-5,8,12,14H,6-7,9H2,1H3. The highest BCUT2D eigenvalue weighted by atomic mass is 16.6. The van der Waals surface area contributed by atoms with Gasteiger partial charge in [0.25, 0.3) is 5.69 Å². The van der Waals surface area contributed by atoms with Crippen LogP contribution in [0, 0.1) is 17.0 Å². The van der Waals surface area contributed by atoms with Gasteiger partial charge in [-0.25, -0.2) is 0 Å². The van der Waals surface area contributed by atoms with Gasteiger partial charge in [-0.3, -0.25) is 10.1 Å². The molecule has 17 heavy (non-hydrogen) atoms. The van der Waals surface area contributed by atoms with Crippen molar-refractivity contribution in [1.29, 1.82) is 0 Å². The van der Waals surface area contributed by atoms with Gasteiger partial charge in [-0.05, 0) is 25.3 Å². The average molecular weight is 232 g/mol. The first-order chi connectivity index (χ1) is 8.18. The van der Waals surface area contributed by atoms with Crippen LogP contribution in [0.25, 0.3) is 0 Å². The molecule has 1 aromatic carbocycles. The van der Waals surface area contributed by atoms with E-state index in [9.17, 15) is 10.1 Å². The first-order valence-corrected chi connectivity index (χ1v) is 5.79. The van der Waals surface area contributed by atoms with Gasteiger partial charge in [0, 0.05) is 24.2 Å². The lowest BCUT2D eigenvalue weighted by Gasteiger charge is -2.13. The Morgan fingerprint density at radius 3 is 2.76 bits per heavy atom. The Hall–Kier alpha value is -1.68. The Kier molecular flexibility index (Phi) is 3.54. The molecule has 0 atom stereocenters. The van der Waals surface area contributed by atoms with Crippen LogP contribution in [0.2, 0.25) is 0 Å². The molecule has 0 aromatic heterocycles. The van der Waals surface area contributed by atoms with Crippen molar-refractivity contribution in [2.45, 2.75) is 32.4 Å². The van der Waals surface area contributed by atoms with E-state index in [2.05, 4.69) is 17.5 Å². The summed E-state index contributed by atoms with van der Waals surface area (Å²) in [5, 5.41) is 14.2. The summed E-state index contributed by atoms with van der Waals surface area (Å²) in [6.45, 7) is 2.50. The minimum absolute atomic E-state index is 0.203. The van der Waals surface area contributed by atoms with Gasteiger partial charge in [0.1, 0.15) is 0 Å². The minimum atomic E-state index is -0.323. The highest BCUT2D eigenvalue weighted by Crippen LogP contribution is 2.21. The zero-order valence-electron chi connectivity index (χ0n) is 9.85. The predicted molar refractivity (Wildman–Crippen MR) is 66.8 cm³/mol. The van der Waals surface area contributed by atoms with Gasteiger partial charge in [-0.2, -0.15) is 0 Å². The maximum atomic E-state index is 10.8. The second kappa shape index (κ2) is 5.10. The number of nitrogens with zero attached hydrogens (tertiary/aromatic N) is 1. The Morgan fingerprint density at radius 2 is 2.12 bits per heavy atom. The van der Waals surface area contributed by atoms with E-state index in [4.69, 9.17) is 0 Å². The van der Waals surface area contributed by atoms with Crippen LogP contribution in [0.1, 0.15) is 24.0 Å². The van der Waals surface area contributed by atoms with Crippen molar-refractivity contribution < 1.29 is 4.92 Å². The van der Waals surface area contributed by atoms with Gasteiger partial charge in [0.15, 0.2) is 0 Å². The third-order valence-corrected chi connectivity index (χ3v) is 3.20. The van der Waals surface area contributed by atoms with E-state index in [-0.39, 0.29) is 10.6 Å². The molecule has 0 bridgehead atoms. The van der Waals surface area contributed by atoms with E-state index >= 15 is 0 Å². The molecule has 0 heterocycles. The van der Waals surface area contributed by atoms with Gasteiger partial charge in [0.05, 0.1) is 4.92 Å². The Morgan fingerprint density at radius 1 is 1.41 bits per heavy atom. The summed E-state index contributed by atoms with van der Waals surface area (Å²) in [6.07, 6.45) is 6.43. The van der Waals surface area contributed by atoms with Gasteiger partial charge in [0.2, 0.25) is 0 Å². The van der Waals surface area contributed by atoms with E-state index in [0.717, 1.165) is 24.0 Å². The number of benzene rings is 1. The molecule has 1 aromatic rings. The maximum absolute atomic E-state index is 10.8. The largest absolute Gasteiger partial charge is 0.309 e. The zero-order valence-corrected chi connectivity index (χ0v) is 9.85. The number of hydrogen-bond acceptors (Lipinski definition) is 3. The number of hydrogen-bond donors (Lipinski definition) is 1. The van der Waals surface area contributed by atoms with Crippen LogP contribution in [-0.4, -0.2) is 11.0 Å². The topological polar surface area (TPSA) is 55.2 Å². The van der Waals surface area contributed by atoms with Crippen molar-refractivity contribution in [1.82, 2.24) is 5.32 Å². The van der Waals surface area contributed by atoms with Gasteiger partial charge in [-0.15, -0.1) is 0 Å². The molecule has 0 aliphatic heterocycles. The molecule has 0 radical (unpaired) electrons.